The smallest absolute Gasteiger partial charge is 0.242 e. The lowest BCUT2D eigenvalue weighted by atomic mass is 9.73. The average molecular weight is 421 g/mol. The van der Waals surface area contributed by atoms with E-state index in [9.17, 15) is 9.59 Å². The van der Waals surface area contributed by atoms with Gasteiger partial charge in [0.1, 0.15) is 11.5 Å². The van der Waals surface area contributed by atoms with E-state index in [1.165, 1.54) is 0 Å². The number of ether oxygens (including phenoxy) is 2. The number of ketones is 1. The van der Waals surface area contributed by atoms with E-state index in [2.05, 4.69) is 12.1 Å². The number of hydrogen-bond donors (Lipinski definition) is 0. The first-order chi connectivity index (χ1) is 14.9. The van der Waals surface area contributed by atoms with Crippen LogP contribution < -0.4 is 9.47 Å². The minimum Gasteiger partial charge on any atom is -0.497 e. The summed E-state index contributed by atoms with van der Waals surface area (Å²) in [5.41, 5.74) is 3.44. The summed E-state index contributed by atoms with van der Waals surface area (Å²) in [5, 5.41) is 3.45. The fourth-order valence-corrected chi connectivity index (χ4v) is 4.82. The molecule has 2 aliphatic rings. The molecule has 2 atom stereocenters. The number of amides is 1. The molecule has 0 N–H and O–H groups in total. The van der Waals surface area contributed by atoms with Crippen molar-refractivity contribution >= 4 is 11.7 Å². The van der Waals surface area contributed by atoms with Crippen LogP contribution >= 0.6 is 0 Å². The lowest BCUT2D eigenvalue weighted by molar-refractivity contribution is -0.143. The van der Waals surface area contributed by atoms with Crippen LogP contribution in [-0.2, 0) is 9.59 Å². The Bertz CT molecular complexity index is 1030. The number of methoxy groups -OCH3 is 2. The Kier molecular flexibility index (Phi) is 5.83. The van der Waals surface area contributed by atoms with Crippen molar-refractivity contribution in [2.45, 2.75) is 31.1 Å². The maximum atomic E-state index is 13.5. The largest absolute Gasteiger partial charge is 0.497 e. The average Bonchev–Trinajstić information content (AvgIpc) is 2.78. The summed E-state index contributed by atoms with van der Waals surface area (Å²) in [4.78, 5) is 26.8. The number of hydrogen-bond acceptors (Lipinski definition) is 5. The number of rotatable bonds is 5. The third kappa shape index (κ3) is 3.83. The van der Waals surface area contributed by atoms with Crippen LogP contribution in [-0.4, -0.2) is 50.0 Å². The van der Waals surface area contributed by atoms with E-state index >= 15 is 0 Å². The molecule has 0 bridgehead atoms. The number of hydrazine groups is 1. The zero-order valence-corrected chi connectivity index (χ0v) is 18.4. The van der Waals surface area contributed by atoms with Crippen molar-refractivity contribution in [3.05, 3.63) is 70.9 Å². The van der Waals surface area contributed by atoms with Gasteiger partial charge >= 0.3 is 0 Å². The second kappa shape index (κ2) is 8.55. The standard InChI is InChI=1S/C25H28N2O4/c1-26(2)27-21-12-17(16-8-6-5-7-9-16)13-22(28)25(21)20(15-24(27)29)19-14-18(30-3)10-11-23(19)31-4/h5-11,14,17,20H,12-13,15H2,1-4H3/t17-,20-/m0/s1. The van der Waals surface area contributed by atoms with Crippen LogP contribution in [0.2, 0.25) is 0 Å². The molecule has 1 heterocycles. The van der Waals surface area contributed by atoms with E-state index in [-0.39, 0.29) is 29.9 Å². The second-order valence-corrected chi connectivity index (χ2v) is 8.22. The zero-order chi connectivity index (χ0) is 22.1. The van der Waals surface area contributed by atoms with Crippen LogP contribution in [0.3, 0.4) is 0 Å². The Morgan fingerprint density at radius 1 is 0.935 bits per heavy atom. The molecule has 0 fully saturated rings. The summed E-state index contributed by atoms with van der Waals surface area (Å²) in [7, 11) is 6.88. The predicted molar refractivity (Wildman–Crippen MR) is 118 cm³/mol. The van der Waals surface area contributed by atoms with Gasteiger partial charge in [-0.25, -0.2) is 10.0 Å². The molecule has 1 aliphatic carbocycles. The molecule has 6 heteroatoms. The van der Waals surface area contributed by atoms with Crippen molar-refractivity contribution in [3.8, 4) is 11.5 Å². The normalized spacial score (nSPS) is 21.4. The van der Waals surface area contributed by atoms with Gasteiger partial charge < -0.3 is 9.47 Å². The Morgan fingerprint density at radius 2 is 1.68 bits per heavy atom. The van der Waals surface area contributed by atoms with Gasteiger partial charge in [0.25, 0.3) is 0 Å². The SMILES string of the molecule is COc1ccc(OC)c([C@@H]2CC(=O)N(N(C)C)C3=C2C(=O)C[C@@H](c2ccccc2)C3)c1. The van der Waals surface area contributed by atoms with E-state index in [0.29, 0.717) is 29.9 Å². The topological polar surface area (TPSA) is 59.1 Å². The molecule has 0 spiro atoms. The molecule has 1 aliphatic heterocycles. The number of carbonyl (C=O) groups excluding carboxylic acids is 2. The first kappa shape index (κ1) is 21.1. The van der Waals surface area contributed by atoms with Crippen LogP contribution in [0.4, 0.5) is 0 Å². The number of nitrogens with zero attached hydrogens (tertiary/aromatic N) is 2. The van der Waals surface area contributed by atoms with E-state index < -0.39 is 0 Å². The molecular weight excluding hydrogens is 392 g/mol. The first-order valence-corrected chi connectivity index (χ1v) is 10.5. The number of benzene rings is 2. The van der Waals surface area contributed by atoms with Crippen molar-refractivity contribution in [3.63, 3.8) is 0 Å². The first-order valence-electron chi connectivity index (χ1n) is 10.5. The quantitative estimate of drug-likeness (QED) is 0.734. The van der Waals surface area contributed by atoms with Gasteiger partial charge in [0.2, 0.25) is 5.91 Å². The van der Waals surface area contributed by atoms with Crippen LogP contribution in [0.5, 0.6) is 11.5 Å². The maximum absolute atomic E-state index is 13.5. The minimum atomic E-state index is -0.354. The van der Waals surface area contributed by atoms with E-state index in [0.717, 1.165) is 16.8 Å². The predicted octanol–water partition coefficient (Wildman–Crippen LogP) is 3.90. The Hall–Kier alpha value is -3.12. The molecule has 4 rings (SSSR count). The zero-order valence-electron chi connectivity index (χ0n) is 18.4. The molecule has 162 valence electrons. The van der Waals surface area contributed by atoms with Gasteiger partial charge in [-0.3, -0.25) is 9.59 Å². The molecule has 2 aromatic rings. The van der Waals surface area contributed by atoms with Crippen molar-refractivity contribution in [2.75, 3.05) is 28.3 Å². The Balaban J connectivity index is 1.85. The van der Waals surface area contributed by atoms with Crippen LogP contribution in [0.25, 0.3) is 0 Å². The Morgan fingerprint density at radius 3 is 2.32 bits per heavy atom. The molecule has 0 aromatic heterocycles. The van der Waals surface area contributed by atoms with Gasteiger partial charge in [-0.2, -0.15) is 0 Å². The van der Waals surface area contributed by atoms with Crippen LogP contribution in [0.1, 0.15) is 42.2 Å². The van der Waals surface area contributed by atoms with E-state index in [1.54, 1.807) is 24.2 Å². The van der Waals surface area contributed by atoms with Gasteiger partial charge in [0, 0.05) is 49.7 Å². The highest BCUT2D eigenvalue weighted by Gasteiger charge is 2.43. The van der Waals surface area contributed by atoms with Crippen molar-refractivity contribution < 1.29 is 19.1 Å². The van der Waals surface area contributed by atoms with E-state index in [4.69, 9.17) is 9.47 Å². The fourth-order valence-electron chi connectivity index (χ4n) is 4.82. The number of Topliss-reactive ketones (excluding diaryl/α,β-unsaturated/α-hetero) is 1. The van der Waals surface area contributed by atoms with Gasteiger partial charge in [-0.15, -0.1) is 0 Å². The fraction of sp³-hybridized carbons (Fsp3) is 0.360. The summed E-state index contributed by atoms with van der Waals surface area (Å²) in [6.07, 6.45) is 1.28. The monoisotopic (exact) mass is 420 g/mol. The molecule has 0 saturated heterocycles. The highest BCUT2D eigenvalue weighted by molar-refractivity contribution is 6.02. The lowest BCUT2D eigenvalue weighted by Crippen LogP contribution is -2.48. The molecule has 31 heavy (non-hydrogen) atoms. The highest BCUT2D eigenvalue weighted by Crippen LogP contribution is 2.48. The van der Waals surface area contributed by atoms with Gasteiger partial charge in [0.15, 0.2) is 5.78 Å². The molecule has 1 amide bonds. The Labute approximate surface area is 183 Å². The maximum Gasteiger partial charge on any atom is 0.242 e. The molecule has 2 aromatic carbocycles. The van der Waals surface area contributed by atoms with Crippen molar-refractivity contribution in [2.24, 2.45) is 0 Å². The van der Waals surface area contributed by atoms with Crippen LogP contribution in [0.15, 0.2) is 59.8 Å². The van der Waals surface area contributed by atoms with Crippen molar-refractivity contribution in [1.82, 2.24) is 10.0 Å². The molecular formula is C25H28N2O4. The van der Waals surface area contributed by atoms with Crippen LogP contribution in [0, 0.1) is 0 Å². The molecule has 0 unspecified atom stereocenters. The molecule has 0 saturated carbocycles. The minimum absolute atomic E-state index is 0.0277. The van der Waals surface area contributed by atoms with Crippen molar-refractivity contribution in [1.29, 1.82) is 0 Å². The number of carbonyl (C=O) groups is 2. The van der Waals surface area contributed by atoms with E-state index in [1.807, 2.05) is 50.5 Å². The third-order valence-corrected chi connectivity index (χ3v) is 6.19. The summed E-state index contributed by atoms with van der Waals surface area (Å²) in [6.45, 7) is 0. The number of allylic oxidation sites excluding steroid dienone is 2. The summed E-state index contributed by atoms with van der Waals surface area (Å²) < 4.78 is 11.0. The third-order valence-electron chi connectivity index (χ3n) is 6.19. The van der Waals surface area contributed by atoms with Gasteiger partial charge in [-0.1, -0.05) is 30.3 Å². The highest BCUT2D eigenvalue weighted by atomic mass is 16.5. The van der Waals surface area contributed by atoms with Gasteiger partial charge in [0.05, 0.1) is 14.2 Å². The lowest BCUT2D eigenvalue weighted by Gasteiger charge is -2.43. The molecule has 0 radical (unpaired) electrons. The summed E-state index contributed by atoms with van der Waals surface area (Å²) in [5.74, 6) is 1.08. The molecule has 6 nitrogen and oxygen atoms in total. The van der Waals surface area contributed by atoms with Gasteiger partial charge in [-0.05, 0) is 36.1 Å². The summed E-state index contributed by atoms with van der Waals surface area (Å²) in [6, 6.07) is 15.6. The summed E-state index contributed by atoms with van der Waals surface area (Å²) >= 11 is 0. The second-order valence-electron chi connectivity index (χ2n) is 8.22.